The fourth-order valence-electron chi connectivity index (χ4n) is 3.61. The van der Waals surface area contributed by atoms with Gasteiger partial charge in [-0.15, -0.1) is 0 Å². The van der Waals surface area contributed by atoms with Gasteiger partial charge in [-0.1, -0.05) is 0 Å². The third kappa shape index (κ3) is 5.51. The Labute approximate surface area is 208 Å². The molecule has 0 bridgehead atoms. The van der Waals surface area contributed by atoms with Crippen molar-refractivity contribution in [2.45, 2.75) is 33.7 Å². The highest BCUT2D eigenvalue weighted by molar-refractivity contribution is 6.34. The zero-order valence-corrected chi connectivity index (χ0v) is 19.2. The van der Waals surface area contributed by atoms with Crippen LogP contribution in [0.4, 0.5) is 14.9 Å². The Morgan fingerprint density at radius 2 is 2.09 bits per heavy atom. The molecule has 0 saturated heterocycles. The van der Waals surface area contributed by atoms with Crippen molar-refractivity contribution in [3.8, 4) is 0 Å². The number of aromatic nitrogens is 1. The molecule has 5 N–H and O–H groups in total. The Balaban J connectivity index is 1.80. The highest BCUT2D eigenvalue weighted by Gasteiger charge is 2.26. The lowest BCUT2D eigenvalue weighted by atomic mass is 10.0. The van der Waals surface area contributed by atoms with Crippen molar-refractivity contribution >= 4 is 41.2 Å². The number of nitrogens with zero attached hydrogens (tertiary/aromatic N) is 1. The number of hydrogen-bond donors (Lipinski definition) is 5. The van der Waals surface area contributed by atoms with Gasteiger partial charge in [-0.25, -0.2) is 9.18 Å². The van der Waals surface area contributed by atoms with Crippen LogP contribution in [0.1, 0.15) is 53.5 Å². The first-order chi connectivity index (χ1) is 18.5. The van der Waals surface area contributed by atoms with E-state index in [1.807, 2.05) is 5.32 Å². The van der Waals surface area contributed by atoms with Gasteiger partial charge in [0.05, 0.1) is 11.1 Å². The summed E-state index contributed by atoms with van der Waals surface area (Å²) >= 11 is 0. The molecule has 1 aromatic heterocycles. The van der Waals surface area contributed by atoms with Gasteiger partial charge < -0.3 is 30.9 Å². The molecule has 11 heteroatoms. The third-order valence-corrected chi connectivity index (χ3v) is 5.47. The first-order valence-electron chi connectivity index (χ1n) is 13.1. The zero-order chi connectivity index (χ0) is 30.2. The van der Waals surface area contributed by atoms with Crippen LogP contribution in [0, 0.1) is 19.7 Å². The first kappa shape index (κ1) is 19.2. The smallest absolute Gasteiger partial charge is 0.325 e. The van der Waals surface area contributed by atoms with Crippen LogP contribution in [0.5, 0.6) is 0 Å². The molecule has 0 saturated carbocycles. The number of hydrogen-bond acceptors (Lipinski definition) is 4. The van der Waals surface area contributed by atoms with Gasteiger partial charge in [-0.3, -0.25) is 14.4 Å². The van der Waals surface area contributed by atoms with Crippen LogP contribution in [-0.4, -0.2) is 64.4 Å². The highest BCUT2D eigenvalue weighted by atomic mass is 19.1. The molecule has 2 aromatic rings. The molecule has 4 amide bonds. The molecular formula is C24H28FN5O5. The van der Waals surface area contributed by atoms with Gasteiger partial charge in [0.25, 0.3) is 11.8 Å². The van der Waals surface area contributed by atoms with Crippen LogP contribution in [0.25, 0.3) is 11.6 Å². The Morgan fingerprint density at radius 1 is 1.34 bits per heavy atom. The molecule has 0 fully saturated rings. The molecule has 0 spiro atoms. The van der Waals surface area contributed by atoms with Crippen LogP contribution in [-0.2, 0) is 9.59 Å². The van der Waals surface area contributed by atoms with Crippen LogP contribution < -0.4 is 16.0 Å². The number of carbonyl (C=O) groups is 4. The molecule has 1 atom stereocenters. The average molecular weight is 491 g/mol. The molecule has 1 aromatic carbocycles. The van der Waals surface area contributed by atoms with Crippen molar-refractivity contribution in [3.05, 3.63) is 52.1 Å². The topological polar surface area (TPSA) is 144 Å². The quantitative estimate of drug-likeness (QED) is 0.361. The van der Waals surface area contributed by atoms with E-state index in [9.17, 15) is 23.6 Å². The molecule has 186 valence electrons. The number of aliphatic carboxylic acids is 1. The minimum Gasteiger partial charge on any atom is -0.480 e. The van der Waals surface area contributed by atoms with Crippen molar-refractivity contribution in [2.24, 2.45) is 0 Å². The normalized spacial score (nSPS) is 17.2. The summed E-state index contributed by atoms with van der Waals surface area (Å²) in [6, 6.07) is 1.17. The number of amides is 4. The van der Waals surface area contributed by atoms with E-state index in [0.717, 1.165) is 6.92 Å². The molecular weight excluding hydrogens is 457 g/mol. The van der Waals surface area contributed by atoms with Crippen LogP contribution in [0.2, 0.25) is 0 Å². The van der Waals surface area contributed by atoms with E-state index >= 15 is 0 Å². The Morgan fingerprint density at radius 3 is 2.77 bits per heavy atom. The number of aryl methyl sites for hydroxylation is 1. The van der Waals surface area contributed by atoms with E-state index < -0.39 is 55.6 Å². The second-order valence-electron chi connectivity index (χ2n) is 7.89. The van der Waals surface area contributed by atoms with Crippen molar-refractivity contribution in [2.75, 3.05) is 24.9 Å². The van der Waals surface area contributed by atoms with Gasteiger partial charge in [-0.2, -0.15) is 0 Å². The number of carboxylic acids is 1. The molecule has 3 rings (SSSR count). The Kier molecular flexibility index (Phi) is 5.71. The lowest BCUT2D eigenvalue weighted by Crippen LogP contribution is -2.48. The van der Waals surface area contributed by atoms with Gasteiger partial charge in [0.15, 0.2) is 0 Å². The predicted molar refractivity (Wildman–Crippen MR) is 128 cm³/mol. The molecule has 0 radical (unpaired) electrons. The number of benzene rings is 1. The number of anilines is 1. The van der Waals surface area contributed by atoms with Crippen molar-refractivity contribution < 1.29 is 35.5 Å². The molecule has 35 heavy (non-hydrogen) atoms. The summed E-state index contributed by atoms with van der Waals surface area (Å²) < 4.78 is 52.1. The zero-order valence-electron chi connectivity index (χ0n) is 24.2. The molecule has 2 heterocycles. The number of H-pyrrole nitrogens is 1. The largest absolute Gasteiger partial charge is 0.480 e. The van der Waals surface area contributed by atoms with E-state index in [1.54, 1.807) is 13.8 Å². The lowest BCUT2D eigenvalue weighted by molar-refractivity contribution is -0.138. The molecule has 1 unspecified atom stereocenters. The van der Waals surface area contributed by atoms with Gasteiger partial charge >= 0.3 is 12.0 Å². The van der Waals surface area contributed by atoms with Gasteiger partial charge in [0.1, 0.15) is 11.9 Å². The van der Waals surface area contributed by atoms with Crippen LogP contribution in [0.15, 0.2) is 18.2 Å². The molecule has 1 aliphatic rings. The minimum atomic E-state index is -3.27. The summed E-state index contributed by atoms with van der Waals surface area (Å²) in [5.41, 5.74) is 2.47. The number of rotatable bonds is 8. The number of halogens is 1. The maximum atomic E-state index is 13.8. The average Bonchev–Trinajstić information content (AvgIpc) is 3.29. The van der Waals surface area contributed by atoms with E-state index in [1.165, 1.54) is 24.3 Å². The number of aromatic amines is 1. The molecule has 1 aliphatic heterocycles. The second kappa shape index (κ2) is 10.4. The summed E-state index contributed by atoms with van der Waals surface area (Å²) in [6.45, 7) is -3.09. The van der Waals surface area contributed by atoms with Gasteiger partial charge in [0.2, 0.25) is 0 Å². The van der Waals surface area contributed by atoms with Crippen molar-refractivity contribution in [3.63, 3.8) is 0 Å². The first-order valence-corrected chi connectivity index (χ1v) is 10.6. The predicted octanol–water partition coefficient (Wildman–Crippen LogP) is 2.50. The van der Waals surface area contributed by atoms with E-state index in [-0.39, 0.29) is 17.7 Å². The van der Waals surface area contributed by atoms with E-state index in [2.05, 4.69) is 15.6 Å². The van der Waals surface area contributed by atoms with Crippen molar-refractivity contribution in [1.82, 2.24) is 20.5 Å². The summed E-state index contributed by atoms with van der Waals surface area (Å²) in [7, 11) is 0. The Bertz CT molecular complexity index is 1410. The number of carbonyl (C=O) groups excluding carboxylic acids is 3. The molecule has 0 aliphatic carbocycles. The summed E-state index contributed by atoms with van der Waals surface area (Å²) in [5.74, 6) is -3.02. The van der Waals surface area contributed by atoms with Crippen LogP contribution >= 0.6 is 0 Å². The van der Waals surface area contributed by atoms with Crippen LogP contribution in [0.3, 0.4) is 0 Å². The van der Waals surface area contributed by atoms with E-state index in [4.69, 9.17) is 12.0 Å². The van der Waals surface area contributed by atoms with Gasteiger partial charge in [-0.05, 0) is 57.5 Å². The van der Waals surface area contributed by atoms with E-state index in [0.29, 0.717) is 33.1 Å². The monoisotopic (exact) mass is 490 g/mol. The number of urea groups is 1. The SMILES string of the molecule is [2H]C([2H])([2H])C([2H])([2H])N(CCNC(=O)c1c(C)[nH]c(/C=C2\C(=O)Nc3ccc(F)cc32)c1C)C(=O)NC(C)C(=O)O. The fourth-order valence-corrected chi connectivity index (χ4v) is 3.61. The maximum absolute atomic E-state index is 13.8. The summed E-state index contributed by atoms with van der Waals surface area (Å²) in [6.07, 6.45) is 1.49. The number of nitrogens with one attached hydrogen (secondary N) is 4. The minimum absolute atomic E-state index is 0.190. The Hall–Kier alpha value is -4.15. The maximum Gasteiger partial charge on any atom is 0.325 e. The van der Waals surface area contributed by atoms with Gasteiger partial charge in [0, 0.05) is 49.1 Å². The highest BCUT2D eigenvalue weighted by Crippen LogP contribution is 2.34. The second-order valence-corrected chi connectivity index (χ2v) is 7.89. The third-order valence-electron chi connectivity index (χ3n) is 5.47. The summed E-state index contributed by atoms with van der Waals surface area (Å²) in [4.78, 5) is 52.5. The molecule has 10 nitrogen and oxygen atoms in total. The number of fused-ring (bicyclic) bond motifs is 1. The number of carboxylic acid groups (broad SMARTS) is 1. The van der Waals surface area contributed by atoms with Crippen molar-refractivity contribution in [1.29, 1.82) is 0 Å². The lowest BCUT2D eigenvalue weighted by Gasteiger charge is -2.23. The standard InChI is InChI=1S/C24H28FN5O5/c1-5-30(24(35)28-14(4)23(33)34)9-8-26-22(32)20-12(2)19(27-13(20)3)11-17-16-10-15(25)6-7-18(16)29-21(17)31/h6-7,10-11,14,27H,5,8-9H2,1-4H3,(H,26,32)(H,28,35)(H,29,31)(H,33,34)/b17-11-/i1D3,5D2. The number of likely N-dealkylation sites (N-methyl/N-ethyl adjacent to an activating group) is 1. The fraction of sp³-hybridized carbons (Fsp3) is 0.333. The summed E-state index contributed by atoms with van der Waals surface area (Å²) in [5, 5.41) is 16.2.